The number of hydrogen-bond donors (Lipinski definition) is 2. The number of imide groups is 1. The number of amides is 3. The van der Waals surface area contributed by atoms with E-state index in [9.17, 15) is 14.4 Å². The third kappa shape index (κ3) is 7.04. The van der Waals surface area contributed by atoms with E-state index >= 15 is 0 Å². The number of benzene rings is 2. The molecule has 154 valence electrons. The topological polar surface area (TPSA) is 93.7 Å². The van der Waals surface area contributed by atoms with Gasteiger partial charge in [-0.3, -0.25) is 10.1 Å². The Bertz CT molecular complexity index is 875. The van der Waals surface area contributed by atoms with Crippen molar-refractivity contribution in [3.05, 3.63) is 64.7 Å². The van der Waals surface area contributed by atoms with Crippen LogP contribution in [0.25, 0.3) is 0 Å². The third-order valence-electron chi connectivity index (χ3n) is 4.21. The van der Waals surface area contributed by atoms with Gasteiger partial charge in [0.05, 0.1) is 18.3 Å². The van der Waals surface area contributed by atoms with Gasteiger partial charge in [0.25, 0.3) is 5.91 Å². The molecule has 7 nitrogen and oxygen atoms in total. The Morgan fingerprint density at radius 1 is 1.00 bits per heavy atom. The van der Waals surface area contributed by atoms with Crippen LogP contribution in [0, 0.1) is 13.8 Å². The van der Waals surface area contributed by atoms with Crippen LogP contribution in [0.2, 0.25) is 0 Å². The average molecular weight is 398 g/mol. The Morgan fingerprint density at radius 2 is 1.69 bits per heavy atom. The summed E-state index contributed by atoms with van der Waals surface area (Å²) in [7, 11) is 0. The second-order valence-electron chi connectivity index (χ2n) is 6.88. The van der Waals surface area contributed by atoms with Crippen molar-refractivity contribution in [3.8, 4) is 0 Å². The Kier molecular flexibility index (Phi) is 7.91. The van der Waals surface area contributed by atoms with E-state index < -0.39 is 24.5 Å². The minimum absolute atomic E-state index is 0.116. The summed E-state index contributed by atoms with van der Waals surface area (Å²) < 4.78 is 10.5. The number of hydrogen-bond acceptors (Lipinski definition) is 5. The van der Waals surface area contributed by atoms with Crippen molar-refractivity contribution in [1.82, 2.24) is 5.32 Å². The largest absolute Gasteiger partial charge is 0.452 e. The fourth-order valence-electron chi connectivity index (χ4n) is 2.42. The van der Waals surface area contributed by atoms with Crippen molar-refractivity contribution >= 4 is 23.6 Å². The predicted octanol–water partition coefficient (Wildman–Crippen LogP) is 3.73. The first-order valence-electron chi connectivity index (χ1n) is 9.31. The van der Waals surface area contributed by atoms with Crippen LogP contribution in [0.5, 0.6) is 0 Å². The molecular formula is C22H26N2O5. The Morgan fingerprint density at radius 3 is 2.34 bits per heavy atom. The van der Waals surface area contributed by atoms with Crippen LogP contribution < -0.4 is 10.6 Å². The molecule has 0 fully saturated rings. The monoisotopic (exact) mass is 398 g/mol. The van der Waals surface area contributed by atoms with E-state index in [2.05, 4.69) is 10.6 Å². The maximum Gasteiger partial charge on any atom is 0.338 e. The first kappa shape index (κ1) is 22.1. The molecule has 0 aliphatic rings. The van der Waals surface area contributed by atoms with Crippen molar-refractivity contribution in [2.24, 2.45) is 0 Å². The lowest BCUT2D eigenvalue weighted by molar-refractivity contribution is -0.123. The summed E-state index contributed by atoms with van der Waals surface area (Å²) in [6.45, 7) is 7.57. The SMILES string of the molecule is Cc1cccc(NC(=O)NC(=O)COC(=O)c2ccc(COC(C)C)cc2)c1C. The van der Waals surface area contributed by atoms with Gasteiger partial charge in [-0.25, -0.2) is 9.59 Å². The zero-order valence-corrected chi connectivity index (χ0v) is 17.1. The quantitative estimate of drug-likeness (QED) is 0.693. The zero-order chi connectivity index (χ0) is 21.4. The van der Waals surface area contributed by atoms with E-state index in [1.54, 1.807) is 30.3 Å². The van der Waals surface area contributed by atoms with Crippen LogP contribution in [0.3, 0.4) is 0 Å². The van der Waals surface area contributed by atoms with E-state index in [0.29, 0.717) is 17.9 Å². The van der Waals surface area contributed by atoms with Crippen LogP contribution in [-0.2, 0) is 20.9 Å². The number of carbonyl (C=O) groups excluding carboxylic acids is 3. The highest BCUT2D eigenvalue weighted by molar-refractivity contribution is 6.02. The Labute approximate surface area is 170 Å². The Hall–Kier alpha value is -3.19. The van der Waals surface area contributed by atoms with Gasteiger partial charge in [0.2, 0.25) is 0 Å². The first-order chi connectivity index (χ1) is 13.8. The normalized spacial score (nSPS) is 10.5. The lowest BCUT2D eigenvalue weighted by Gasteiger charge is -2.11. The summed E-state index contributed by atoms with van der Waals surface area (Å²) in [6.07, 6.45) is 0.116. The molecule has 0 saturated carbocycles. The number of rotatable bonds is 7. The lowest BCUT2D eigenvalue weighted by atomic mass is 10.1. The van der Waals surface area contributed by atoms with Crippen LogP contribution in [0.15, 0.2) is 42.5 Å². The van der Waals surface area contributed by atoms with Crippen molar-refractivity contribution in [3.63, 3.8) is 0 Å². The fourth-order valence-corrected chi connectivity index (χ4v) is 2.42. The van der Waals surface area contributed by atoms with Gasteiger partial charge in [-0.1, -0.05) is 24.3 Å². The molecule has 0 heterocycles. The van der Waals surface area contributed by atoms with E-state index in [1.807, 2.05) is 39.8 Å². The highest BCUT2D eigenvalue weighted by atomic mass is 16.5. The summed E-state index contributed by atoms with van der Waals surface area (Å²) in [4.78, 5) is 35.9. The van der Waals surface area contributed by atoms with E-state index in [-0.39, 0.29) is 6.10 Å². The molecule has 2 aromatic rings. The number of ether oxygens (including phenoxy) is 2. The predicted molar refractivity (Wildman–Crippen MR) is 110 cm³/mol. The number of anilines is 1. The van der Waals surface area contributed by atoms with E-state index in [0.717, 1.165) is 16.7 Å². The van der Waals surface area contributed by atoms with Gasteiger partial charge in [-0.05, 0) is 62.6 Å². The lowest BCUT2D eigenvalue weighted by Crippen LogP contribution is -2.37. The fraction of sp³-hybridized carbons (Fsp3) is 0.318. The van der Waals surface area contributed by atoms with Crippen LogP contribution in [-0.4, -0.2) is 30.6 Å². The minimum atomic E-state index is -0.719. The van der Waals surface area contributed by atoms with Gasteiger partial charge in [-0.15, -0.1) is 0 Å². The second kappa shape index (κ2) is 10.4. The van der Waals surface area contributed by atoms with Gasteiger partial charge in [0.15, 0.2) is 6.61 Å². The molecule has 3 amide bonds. The van der Waals surface area contributed by atoms with Gasteiger partial charge >= 0.3 is 12.0 Å². The maximum absolute atomic E-state index is 12.1. The number of carbonyl (C=O) groups is 3. The van der Waals surface area contributed by atoms with Crippen molar-refractivity contribution in [2.45, 2.75) is 40.4 Å². The number of urea groups is 1. The highest BCUT2D eigenvalue weighted by Crippen LogP contribution is 2.17. The van der Waals surface area contributed by atoms with Crippen molar-refractivity contribution < 1.29 is 23.9 Å². The first-order valence-corrected chi connectivity index (χ1v) is 9.31. The molecule has 0 aliphatic carbocycles. The summed E-state index contributed by atoms with van der Waals surface area (Å²) >= 11 is 0. The summed E-state index contributed by atoms with van der Waals surface area (Å²) in [6, 6.07) is 11.5. The standard InChI is InChI=1S/C22H26N2O5/c1-14(2)28-12-17-8-10-18(11-9-17)21(26)29-13-20(25)24-22(27)23-19-7-5-6-15(3)16(19)4/h5-11,14H,12-13H2,1-4H3,(H2,23,24,25,27). The van der Waals surface area contributed by atoms with Crippen LogP contribution >= 0.6 is 0 Å². The number of aryl methyl sites for hydroxylation is 1. The maximum atomic E-state index is 12.1. The summed E-state index contributed by atoms with van der Waals surface area (Å²) in [5.74, 6) is -1.37. The molecule has 0 bridgehead atoms. The van der Waals surface area contributed by atoms with Gasteiger partial charge in [0.1, 0.15) is 0 Å². The summed E-state index contributed by atoms with van der Waals surface area (Å²) in [5.41, 5.74) is 3.77. The summed E-state index contributed by atoms with van der Waals surface area (Å²) in [5, 5.41) is 4.74. The minimum Gasteiger partial charge on any atom is -0.452 e. The Balaban J connectivity index is 1.80. The van der Waals surface area contributed by atoms with Crippen LogP contribution in [0.1, 0.15) is 40.9 Å². The second-order valence-corrected chi connectivity index (χ2v) is 6.88. The highest BCUT2D eigenvalue weighted by Gasteiger charge is 2.13. The molecule has 0 unspecified atom stereocenters. The molecule has 0 saturated heterocycles. The molecule has 2 rings (SSSR count). The molecule has 0 atom stereocenters. The molecule has 0 spiro atoms. The molecule has 0 radical (unpaired) electrons. The average Bonchev–Trinajstić information content (AvgIpc) is 2.68. The van der Waals surface area contributed by atoms with Crippen molar-refractivity contribution in [1.29, 1.82) is 0 Å². The van der Waals surface area contributed by atoms with E-state index in [4.69, 9.17) is 9.47 Å². The zero-order valence-electron chi connectivity index (χ0n) is 17.1. The smallest absolute Gasteiger partial charge is 0.338 e. The third-order valence-corrected chi connectivity index (χ3v) is 4.21. The van der Waals surface area contributed by atoms with Gasteiger partial charge in [0, 0.05) is 5.69 Å². The number of nitrogens with one attached hydrogen (secondary N) is 2. The van der Waals surface area contributed by atoms with Gasteiger partial charge in [-0.2, -0.15) is 0 Å². The van der Waals surface area contributed by atoms with Gasteiger partial charge < -0.3 is 14.8 Å². The molecular weight excluding hydrogens is 372 g/mol. The van der Waals surface area contributed by atoms with E-state index in [1.165, 1.54) is 0 Å². The van der Waals surface area contributed by atoms with Crippen LogP contribution in [0.4, 0.5) is 10.5 Å². The number of esters is 1. The molecule has 2 N–H and O–H groups in total. The molecule has 0 aromatic heterocycles. The molecule has 0 aliphatic heterocycles. The molecule has 29 heavy (non-hydrogen) atoms. The molecule has 2 aromatic carbocycles. The van der Waals surface area contributed by atoms with Crippen molar-refractivity contribution in [2.75, 3.05) is 11.9 Å². The molecule has 7 heteroatoms.